The van der Waals surface area contributed by atoms with Crippen LogP contribution in [0.2, 0.25) is 0 Å². The maximum Gasteiger partial charge on any atom is 0.224 e. The molecule has 0 aliphatic carbocycles. The summed E-state index contributed by atoms with van der Waals surface area (Å²) in [4.78, 5) is 16.7. The summed E-state index contributed by atoms with van der Waals surface area (Å²) in [6.45, 7) is 0.460. The Morgan fingerprint density at radius 1 is 1.25 bits per heavy atom. The summed E-state index contributed by atoms with van der Waals surface area (Å²) in [5, 5.41) is 7.05. The normalized spacial score (nSPS) is 10.4. The number of hydrogen-bond donors (Lipinski definition) is 1. The Labute approximate surface area is 145 Å². The number of nitrogens with zero attached hydrogens (tertiary/aromatic N) is 1. The van der Waals surface area contributed by atoms with E-state index in [4.69, 9.17) is 4.74 Å². The number of aromatic nitrogens is 1. The van der Waals surface area contributed by atoms with Crippen molar-refractivity contribution in [2.75, 3.05) is 7.11 Å². The van der Waals surface area contributed by atoms with Crippen LogP contribution in [0, 0.1) is 0 Å². The predicted molar refractivity (Wildman–Crippen MR) is 96.1 cm³/mol. The van der Waals surface area contributed by atoms with Crippen molar-refractivity contribution in [2.24, 2.45) is 0 Å². The third kappa shape index (κ3) is 4.00. The molecule has 1 N–H and O–H groups in total. The molecule has 2 aromatic heterocycles. The molecule has 1 aromatic carbocycles. The van der Waals surface area contributed by atoms with Gasteiger partial charge in [-0.25, -0.2) is 0 Å². The molecule has 0 saturated carbocycles. The van der Waals surface area contributed by atoms with Crippen LogP contribution in [0.15, 0.2) is 59.4 Å². The van der Waals surface area contributed by atoms with Gasteiger partial charge in [0.2, 0.25) is 5.91 Å². The molecular weight excluding hydrogens is 320 g/mol. The van der Waals surface area contributed by atoms with E-state index in [9.17, 15) is 4.79 Å². The van der Waals surface area contributed by atoms with Crippen LogP contribution in [0.3, 0.4) is 0 Å². The summed E-state index contributed by atoms with van der Waals surface area (Å²) < 4.78 is 5.18. The Morgan fingerprint density at radius 2 is 2.17 bits per heavy atom. The molecule has 0 saturated heterocycles. The molecular formula is C19H18N2O2S. The van der Waals surface area contributed by atoms with Crippen molar-refractivity contribution < 1.29 is 9.53 Å². The van der Waals surface area contributed by atoms with Crippen molar-refractivity contribution in [2.45, 2.75) is 13.0 Å². The first-order valence-electron chi connectivity index (χ1n) is 7.62. The molecule has 0 spiro atoms. The summed E-state index contributed by atoms with van der Waals surface area (Å²) >= 11 is 1.63. The number of amides is 1. The summed E-state index contributed by atoms with van der Waals surface area (Å²) in [6.07, 6.45) is 2.10. The molecule has 4 nitrogen and oxygen atoms in total. The zero-order valence-electron chi connectivity index (χ0n) is 13.4. The fourth-order valence-corrected chi connectivity index (χ4v) is 3.11. The summed E-state index contributed by atoms with van der Waals surface area (Å²) in [6, 6.07) is 13.5. The lowest BCUT2D eigenvalue weighted by atomic mass is 10.1. The van der Waals surface area contributed by atoms with Crippen molar-refractivity contribution in [3.63, 3.8) is 0 Å². The van der Waals surface area contributed by atoms with E-state index in [0.717, 1.165) is 28.1 Å². The van der Waals surface area contributed by atoms with Crippen molar-refractivity contribution in [1.29, 1.82) is 0 Å². The molecule has 5 heteroatoms. The largest absolute Gasteiger partial charge is 0.497 e. The van der Waals surface area contributed by atoms with Crippen LogP contribution in [0.5, 0.6) is 5.75 Å². The van der Waals surface area contributed by atoms with E-state index in [1.54, 1.807) is 24.6 Å². The van der Waals surface area contributed by atoms with Crippen LogP contribution < -0.4 is 10.1 Å². The lowest BCUT2D eigenvalue weighted by Gasteiger charge is -2.09. The fraction of sp³-hybridized carbons (Fsp3) is 0.158. The summed E-state index contributed by atoms with van der Waals surface area (Å²) in [5.41, 5.74) is 3.93. The number of methoxy groups -OCH3 is 1. The van der Waals surface area contributed by atoms with Gasteiger partial charge in [-0.3, -0.25) is 9.78 Å². The smallest absolute Gasteiger partial charge is 0.224 e. The second-order valence-electron chi connectivity index (χ2n) is 5.33. The maximum absolute atomic E-state index is 12.2. The molecule has 0 atom stereocenters. The van der Waals surface area contributed by atoms with E-state index >= 15 is 0 Å². The molecule has 0 aliphatic heterocycles. The standard InChI is InChI=1S/C19H18N2O2S/c1-23-17-6-2-4-14(10-17)11-18(22)21-12-15-5-3-8-20-19(15)16-7-9-24-13-16/h2-10,13H,11-12H2,1H3,(H,21,22). The van der Waals surface area contributed by atoms with Crippen molar-refractivity contribution in [3.05, 3.63) is 70.5 Å². The van der Waals surface area contributed by atoms with E-state index in [1.807, 2.05) is 47.8 Å². The van der Waals surface area contributed by atoms with Gasteiger partial charge in [-0.05, 0) is 40.8 Å². The quantitative estimate of drug-likeness (QED) is 0.746. The zero-order chi connectivity index (χ0) is 16.8. The lowest BCUT2D eigenvalue weighted by molar-refractivity contribution is -0.120. The Bertz CT molecular complexity index is 816. The Hall–Kier alpha value is -2.66. The first-order valence-corrected chi connectivity index (χ1v) is 8.56. The highest BCUT2D eigenvalue weighted by molar-refractivity contribution is 7.08. The molecule has 24 heavy (non-hydrogen) atoms. The minimum absolute atomic E-state index is 0.0247. The average Bonchev–Trinajstić information content (AvgIpc) is 3.15. The molecule has 2 heterocycles. The molecule has 0 fully saturated rings. The monoisotopic (exact) mass is 338 g/mol. The molecule has 3 aromatic rings. The van der Waals surface area contributed by atoms with Gasteiger partial charge >= 0.3 is 0 Å². The summed E-state index contributed by atoms with van der Waals surface area (Å²) in [7, 11) is 1.62. The minimum Gasteiger partial charge on any atom is -0.497 e. The Balaban J connectivity index is 1.65. The fourth-order valence-electron chi connectivity index (χ4n) is 2.46. The van der Waals surface area contributed by atoms with Gasteiger partial charge in [0.15, 0.2) is 0 Å². The van der Waals surface area contributed by atoms with Crippen molar-refractivity contribution >= 4 is 17.2 Å². The van der Waals surface area contributed by atoms with E-state index in [-0.39, 0.29) is 5.91 Å². The first kappa shape index (κ1) is 16.2. The Kier molecular flexibility index (Phi) is 5.23. The van der Waals surface area contributed by atoms with Crippen LogP contribution in [0.1, 0.15) is 11.1 Å². The molecule has 0 aliphatic rings. The molecule has 3 rings (SSSR count). The van der Waals surface area contributed by atoms with Gasteiger partial charge in [-0.15, -0.1) is 0 Å². The molecule has 122 valence electrons. The molecule has 0 unspecified atom stereocenters. The van der Waals surface area contributed by atoms with Crippen LogP contribution in [-0.4, -0.2) is 18.0 Å². The van der Waals surface area contributed by atoms with Gasteiger partial charge in [0.1, 0.15) is 5.75 Å². The number of pyridine rings is 1. The summed E-state index contributed by atoms with van der Waals surface area (Å²) in [5.74, 6) is 0.732. The highest BCUT2D eigenvalue weighted by Crippen LogP contribution is 2.23. The minimum atomic E-state index is -0.0247. The number of nitrogens with one attached hydrogen (secondary N) is 1. The number of benzene rings is 1. The van der Waals surface area contributed by atoms with Crippen LogP contribution in [0.25, 0.3) is 11.3 Å². The number of ether oxygens (including phenoxy) is 1. The van der Waals surface area contributed by atoms with Crippen LogP contribution in [0.4, 0.5) is 0 Å². The molecule has 0 bridgehead atoms. The van der Waals surface area contributed by atoms with E-state index in [1.165, 1.54) is 0 Å². The Morgan fingerprint density at radius 3 is 2.96 bits per heavy atom. The number of thiophene rings is 1. The first-order chi connectivity index (χ1) is 11.8. The number of carbonyl (C=O) groups is 1. The SMILES string of the molecule is COc1cccc(CC(=O)NCc2cccnc2-c2ccsc2)c1. The van der Waals surface area contributed by atoms with E-state index < -0.39 is 0 Å². The second-order valence-corrected chi connectivity index (χ2v) is 6.11. The van der Waals surface area contributed by atoms with Crippen molar-refractivity contribution in [3.8, 4) is 17.0 Å². The average molecular weight is 338 g/mol. The predicted octanol–water partition coefficient (Wildman–Crippen LogP) is 3.68. The van der Waals surface area contributed by atoms with Crippen LogP contribution in [-0.2, 0) is 17.8 Å². The van der Waals surface area contributed by atoms with Gasteiger partial charge in [-0.1, -0.05) is 18.2 Å². The van der Waals surface area contributed by atoms with Gasteiger partial charge in [0.05, 0.1) is 19.2 Å². The molecule has 1 amide bonds. The molecule has 0 radical (unpaired) electrons. The van der Waals surface area contributed by atoms with Gasteiger partial charge < -0.3 is 10.1 Å². The van der Waals surface area contributed by atoms with E-state index in [0.29, 0.717) is 13.0 Å². The van der Waals surface area contributed by atoms with Crippen LogP contribution >= 0.6 is 11.3 Å². The highest BCUT2D eigenvalue weighted by atomic mass is 32.1. The topological polar surface area (TPSA) is 51.2 Å². The number of hydrogen-bond acceptors (Lipinski definition) is 4. The second kappa shape index (κ2) is 7.75. The van der Waals surface area contributed by atoms with Crippen molar-refractivity contribution in [1.82, 2.24) is 10.3 Å². The maximum atomic E-state index is 12.2. The third-order valence-corrected chi connectivity index (χ3v) is 4.34. The zero-order valence-corrected chi connectivity index (χ0v) is 14.2. The lowest BCUT2D eigenvalue weighted by Crippen LogP contribution is -2.25. The number of rotatable bonds is 6. The van der Waals surface area contributed by atoms with Gasteiger partial charge in [0.25, 0.3) is 0 Å². The van der Waals surface area contributed by atoms with Gasteiger partial charge in [-0.2, -0.15) is 11.3 Å². The van der Waals surface area contributed by atoms with Gasteiger partial charge in [0, 0.05) is 23.7 Å². The number of carbonyl (C=O) groups excluding carboxylic acids is 1. The third-order valence-electron chi connectivity index (χ3n) is 3.66. The van der Waals surface area contributed by atoms with E-state index in [2.05, 4.69) is 15.7 Å². The highest BCUT2D eigenvalue weighted by Gasteiger charge is 2.09.